The van der Waals surface area contributed by atoms with Crippen LogP contribution < -0.4 is 11.1 Å². The number of alkyl carbamates (subject to hydrolysis) is 1. The molecule has 2 aromatic rings. The first-order chi connectivity index (χ1) is 9.75. The number of ether oxygens (including phenoxy) is 1. The predicted molar refractivity (Wildman–Crippen MR) is 78.0 cm³/mol. The SMILES string of the molecule is NC(CNC(=O)OCc1ccccc1)c1ccccc1. The molecule has 1 amide bonds. The summed E-state index contributed by atoms with van der Waals surface area (Å²) in [5.41, 5.74) is 7.92. The van der Waals surface area contributed by atoms with E-state index in [2.05, 4.69) is 5.32 Å². The van der Waals surface area contributed by atoms with Crippen molar-refractivity contribution in [3.05, 3.63) is 71.8 Å². The van der Waals surface area contributed by atoms with E-state index in [4.69, 9.17) is 10.5 Å². The number of rotatable bonds is 5. The van der Waals surface area contributed by atoms with Crippen LogP contribution in [0.25, 0.3) is 0 Å². The van der Waals surface area contributed by atoms with Crippen LogP contribution in [0.5, 0.6) is 0 Å². The molecule has 0 spiro atoms. The third-order valence-corrected chi connectivity index (χ3v) is 2.91. The van der Waals surface area contributed by atoms with Gasteiger partial charge in [-0.25, -0.2) is 4.79 Å². The van der Waals surface area contributed by atoms with Gasteiger partial charge >= 0.3 is 6.09 Å². The molecule has 0 bridgehead atoms. The van der Waals surface area contributed by atoms with E-state index in [0.29, 0.717) is 6.54 Å². The highest BCUT2D eigenvalue weighted by atomic mass is 16.5. The van der Waals surface area contributed by atoms with E-state index in [0.717, 1.165) is 11.1 Å². The van der Waals surface area contributed by atoms with Gasteiger partial charge in [-0.15, -0.1) is 0 Å². The summed E-state index contributed by atoms with van der Waals surface area (Å²) in [6.07, 6.45) is -0.458. The zero-order valence-corrected chi connectivity index (χ0v) is 11.2. The lowest BCUT2D eigenvalue weighted by atomic mass is 10.1. The largest absolute Gasteiger partial charge is 0.445 e. The van der Waals surface area contributed by atoms with Gasteiger partial charge in [0.1, 0.15) is 6.61 Å². The molecular formula is C16H18N2O2. The van der Waals surface area contributed by atoms with Gasteiger partial charge in [0.15, 0.2) is 0 Å². The van der Waals surface area contributed by atoms with Crippen LogP contribution in [0.2, 0.25) is 0 Å². The number of hydrogen-bond acceptors (Lipinski definition) is 3. The van der Waals surface area contributed by atoms with Crippen LogP contribution in [0, 0.1) is 0 Å². The van der Waals surface area contributed by atoms with Crippen LogP contribution in [0.15, 0.2) is 60.7 Å². The first-order valence-electron chi connectivity index (χ1n) is 6.51. The molecule has 3 N–H and O–H groups in total. The Labute approximate surface area is 118 Å². The minimum atomic E-state index is -0.458. The van der Waals surface area contributed by atoms with Crippen molar-refractivity contribution in [2.24, 2.45) is 5.73 Å². The molecule has 0 radical (unpaired) electrons. The smallest absolute Gasteiger partial charge is 0.407 e. The molecule has 0 heterocycles. The summed E-state index contributed by atoms with van der Waals surface area (Å²) in [4.78, 5) is 11.6. The highest BCUT2D eigenvalue weighted by Gasteiger charge is 2.08. The van der Waals surface area contributed by atoms with Crippen molar-refractivity contribution in [1.82, 2.24) is 5.32 Å². The topological polar surface area (TPSA) is 64.3 Å². The van der Waals surface area contributed by atoms with E-state index in [1.54, 1.807) is 0 Å². The van der Waals surface area contributed by atoms with Crippen molar-refractivity contribution in [2.75, 3.05) is 6.54 Å². The lowest BCUT2D eigenvalue weighted by Crippen LogP contribution is -2.32. The lowest BCUT2D eigenvalue weighted by molar-refractivity contribution is 0.139. The maximum absolute atomic E-state index is 11.6. The Balaban J connectivity index is 1.73. The molecule has 2 rings (SSSR count). The van der Waals surface area contributed by atoms with E-state index < -0.39 is 6.09 Å². The van der Waals surface area contributed by atoms with Gasteiger partial charge in [0.05, 0.1) is 0 Å². The normalized spacial score (nSPS) is 11.7. The Hall–Kier alpha value is -2.33. The molecule has 4 nitrogen and oxygen atoms in total. The molecule has 104 valence electrons. The van der Waals surface area contributed by atoms with Crippen LogP contribution in [-0.4, -0.2) is 12.6 Å². The summed E-state index contributed by atoms with van der Waals surface area (Å²) in [7, 11) is 0. The Bertz CT molecular complexity index is 529. The van der Waals surface area contributed by atoms with Crippen molar-refractivity contribution in [3.8, 4) is 0 Å². The zero-order chi connectivity index (χ0) is 14.2. The molecule has 0 saturated heterocycles. The quantitative estimate of drug-likeness (QED) is 0.877. The molecule has 4 heteroatoms. The van der Waals surface area contributed by atoms with Crippen LogP contribution >= 0.6 is 0 Å². The first-order valence-corrected chi connectivity index (χ1v) is 6.51. The second kappa shape index (κ2) is 7.31. The molecule has 0 aliphatic heterocycles. The molecule has 1 unspecified atom stereocenters. The maximum atomic E-state index is 11.6. The third-order valence-electron chi connectivity index (χ3n) is 2.91. The van der Waals surface area contributed by atoms with Gasteiger partial charge in [-0.2, -0.15) is 0 Å². The number of benzene rings is 2. The van der Waals surface area contributed by atoms with Crippen LogP contribution in [0.4, 0.5) is 4.79 Å². The van der Waals surface area contributed by atoms with Gasteiger partial charge in [-0.3, -0.25) is 0 Å². The van der Waals surface area contributed by atoms with E-state index in [1.165, 1.54) is 0 Å². The average molecular weight is 270 g/mol. The van der Waals surface area contributed by atoms with Crippen molar-refractivity contribution < 1.29 is 9.53 Å². The number of nitrogens with two attached hydrogens (primary N) is 1. The average Bonchev–Trinajstić information content (AvgIpc) is 2.52. The number of amides is 1. The molecule has 0 fully saturated rings. The molecule has 0 aliphatic carbocycles. The van der Waals surface area contributed by atoms with E-state index in [1.807, 2.05) is 60.7 Å². The molecule has 0 aliphatic rings. The molecular weight excluding hydrogens is 252 g/mol. The van der Waals surface area contributed by atoms with Gasteiger partial charge in [0.2, 0.25) is 0 Å². The first kappa shape index (κ1) is 14.1. The molecule has 1 atom stereocenters. The lowest BCUT2D eigenvalue weighted by Gasteiger charge is -2.13. The van der Waals surface area contributed by atoms with Crippen LogP contribution in [-0.2, 0) is 11.3 Å². The zero-order valence-electron chi connectivity index (χ0n) is 11.2. The monoisotopic (exact) mass is 270 g/mol. The Kier molecular flexibility index (Phi) is 5.15. The standard InChI is InChI=1S/C16H18N2O2/c17-15(14-9-5-2-6-10-14)11-18-16(19)20-12-13-7-3-1-4-8-13/h1-10,15H,11-12,17H2,(H,18,19). The predicted octanol–water partition coefficient (Wildman–Crippen LogP) is 2.61. The van der Waals surface area contributed by atoms with Crippen molar-refractivity contribution in [1.29, 1.82) is 0 Å². The Morgan fingerprint density at radius 2 is 1.65 bits per heavy atom. The number of hydrogen-bond donors (Lipinski definition) is 2. The van der Waals surface area contributed by atoms with Gasteiger partial charge in [0.25, 0.3) is 0 Å². The summed E-state index contributed by atoms with van der Waals surface area (Å²) in [6, 6.07) is 18.9. The van der Waals surface area contributed by atoms with E-state index >= 15 is 0 Å². The number of carbonyl (C=O) groups excluding carboxylic acids is 1. The Morgan fingerprint density at radius 1 is 1.05 bits per heavy atom. The molecule has 2 aromatic carbocycles. The van der Waals surface area contributed by atoms with Crippen LogP contribution in [0.1, 0.15) is 17.2 Å². The second-order valence-corrected chi connectivity index (χ2v) is 4.46. The van der Waals surface area contributed by atoms with Gasteiger partial charge in [0, 0.05) is 12.6 Å². The highest BCUT2D eigenvalue weighted by molar-refractivity contribution is 5.67. The van der Waals surface area contributed by atoms with Gasteiger partial charge in [-0.1, -0.05) is 60.7 Å². The fourth-order valence-electron chi connectivity index (χ4n) is 1.79. The minimum absolute atomic E-state index is 0.236. The third kappa shape index (κ3) is 4.40. The maximum Gasteiger partial charge on any atom is 0.407 e. The van der Waals surface area contributed by atoms with Crippen molar-refractivity contribution in [3.63, 3.8) is 0 Å². The van der Waals surface area contributed by atoms with E-state index in [9.17, 15) is 4.79 Å². The van der Waals surface area contributed by atoms with Crippen molar-refractivity contribution in [2.45, 2.75) is 12.6 Å². The van der Waals surface area contributed by atoms with E-state index in [-0.39, 0.29) is 12.6 Å². The second-order valence-electron chi connectivity index (χ2n) is 4.46. The summed E-state index contributed by atoms with van der Waals surface area (Å²) in [5.74, 6) is 0. The molecule has 0 aromatic heterocycles. The van der Waals surface area contributed by atoms with Gasteiger partial charge < -0.3 is 15.8 Å². The minimum Gasteiger partial charge on any atom is -0.445 e. The summed E-state index contributed by atoms with van der Waals surface area (Å²) in [6.45, 7) is 0.602. The summed E-state index contributed by atoms with van der Waals surface area (Å²) in [5, 5.41) is 2.66. The number of carbonyl (C=O) groups is 1. The van der Waals surface area contributed by atoms with Crippen molar-refractivity contribution >= 4 is 6.09 Å². The molecule has 0 saturated carbocycles. The summed E-state index contributed by atoms with van der Waals surface area (Å²) < 4.78 is 5.11. The summed E-state index contributed by atoms with van der Waals surface area (Å²) >= 11 is 0. The van der Waals surface area contributed by atoms with Gasteiger partial charge in [-0.05, 0) is 11.1 Å². The van der Waals surface area contributed by atoms with Crippen LogP contribution in [0.3, 0.4) is 0 Å². The number of nitrogens with one attached hydrogen (secondary N) is 1. The Morgan fingerprint density at radius 3 is 2.30 bits per heavy atom. The fourth-order valence-corrected chi connectivity index (χ4v) is 1.79. The fraction of sp³-hybridized carbons (Fsp3) is 0.188. The molecule has 20 heavy (non-hydrogen) atoms. The highest BCUT2D eigenvalue weighted by Crippen LogP contribution is 2.08.